The van der Waals surface area contributed by atoms with Crippen molar-refractivity contribution in [3.63, 3.8) is 0 Å². The van der Waals surface area contributed by atoms with Crippen molar-refractivity contribution in [2.24, 2.45) is 5.73 Å². The quantitative estimate of drug-likeness (QED) is 0.620. The van der Waals surface area contributed by atoms with Crippen LogP contribution in [-0.4, -0.2) is 52.6 Å². The van der Waals surface area contributed by atoms with Crippen molar-refractivity contribution >= 4 is 33.4 Å². The summed E-state index contributed by atoms with van der Waals surface area (Å²) >= 11 is 1.22. The molecule has 176 valence electrons. The summed E-state index contributed by atoms with van der Waals surface area (Å²) in [5.74, 6) is 0.528. The van der Waals surface area contributed by atoms with E-state index < -0.39 is 0 Å². The van der Waals surface area contributed by atoms with Gasteiger partial charge in [0.25, 0.3) is 11.5 Å². The van der Waals surface area contributed by atoms with E-state index in [1.54, 1.807) is 16.7 Å². The van der Waals surface area contributed by atoms with Gasteiger partial charge in [-0.1, -0.05) is 18.2 Å². The molecule has 2 aliphatic heterocycles. The molecule has 1 amide bonds. The lowest BCUT2D eigenvalue weighted by molar-refractivity contribution is 0.0729. The average molecular weight is 477 g/mol. The van der Waals surface area contributed by atoms with Crippen LogP contribution in [0.1, 0.15) is 52.9 Å². The van der Waals surface area contributed by atoms with E-state index in [9.17, 15) is 14.9 Å². The van der Waals surface area contributed by atoms with Gasteiger partial charge in [-0.15, -0.1) is 11.3 Å². The van der Waals surface area contributed by atoms with Gasteiger partial charge in [-0.2, -0.15) is 5.26 Å². The van der Waals surface area contributed by atoms with E-state index in [1.807, 2.05) is 23.1 Å². The van der Waals surface area contributed by atoms with Crippen LogP contribution < -0.4 is 16.2 Å². The van der Waals surface area contributed by atoms with Crippen molar-refractivity contribution < 1.29 is 4.79 Å². The Balaban J connectivity index is 1.61. The van der Waals surface area contributed by atoms with Crippen LogP contribution in [0, 0.1) is 11.3 Å². The number of anilines is 1. The summed E-state index contributed by atoms with van der Waals surface area (Å²) in [4.78, 5) is 36.2. The minimum absolute atomic E-state index is 0.0138. The Morgan fingerprint density at radius 1 is 1.18 bits per heavy atom. The molecule has 0 unspecified atom stereocenters. The molecule has 0 bridgehead atoms. The van der Waals surface area contributed by atoms with Gasteiger partial charge in [-0.05, 0) is 49.8 Å². The fraction of sp³-hybridized carbons (Fsp3) is 0.440. The molecule has 2 N–H and O–H groups in total. The van der Waals surface area contributed by atoms with Crippen molar-refractivity contribution in [3.8, 4) is 6.07 Å². The minimum atomic E-state index is -0.186. The van der Waals surface area contributed by atoms with E-state index in [1.165, 1.54) is 11.3 Å². The first-order chi connectivity index (χ1) is 16.5. The van der Waals surface area contributed by atoms with Crippen LogP contribution in [0.3, 0.4) is 0 Å². The van der Waals surface area contributed by atoms with Crippen LogP contribution in [0.5, 0.6) is 0 Å². The summed E-state index contributed by atoms with van der Waals surface area (Å²) in [6, 6.07) is 11.3. The SMILES string of the molecule is N#Cc1ccccc1Cn1c(N2CCC[C@@H](N)C2)nc2cc(C(=O)N3CCCCC3)sc2c1=O. The molecule has 2 saturated heterocycles. The molecule has 8 nitrogen and oxygen atoms in total. The molecule has 1 atom stereocenters. The first-order valence-electron chi connectivity index (χ1n) is 11.9. The highest BCUT2D eigenvalue weighted by Gasteiger charge is 2.26. The van der Waals surface area contributed by atoms with Crippen LogP contribution in [0.25, 0.3) is 10.2 Å². The third-order valence-electron chi connectivity index (χ3n) is 6.67. The number of hydrogen-bond acceptors (Lipinski definition) is 7. The standard InChI is InChI=1S/C25H28N6O2S/c26-14-17-7-2-3-8-18(17)15-31-24(33)22-20(28-25(31)30-12-6-9-19(27)16-30)13-21(34-22)23(32)29-10-4-1-5-11-29/h2-3,7-8,13,19H,1,4-6,9-12,15-16,27H2/t19-/m1/s1. The Morgan fingerprint density at radius 3 is 2.74 bits per heavy atom. The molecule has 0 saturated carbocycles. The third-order valence-corrected chi connectivity index (χ3v) is 7.78. The second-order valence-electron chi connectivity index (χ2n) is 9.10. The van der Waals surface area contributed by atoms with Gasteiger partial charge in [0.15, 0.2) is 0 Å². The summed E-state index contributed by atoms with van der Waals surface area (Å²) in [6.07, 6.45) is 5.03. The summed E-state index contributed by atoms with van der Waals surface area (Å²) < 4.78 is 2.11. The fourth-order valence-corrected chi connectivity index (χ4v) is 5.88. The summed E-state index contributed by atoms with van der Waals surface area (Å²) in [6.45, 7) is 3.12. The molecule has 9 heteroatoms. The van der Waals surface area contributed by atoms with E-state index in [4.69, 9.17) is 10.7 Å². The molecular formula is C25H28N6O2S. The number of rotatable bonds is 4. The predicted octanol–water partition coefficient (Wildman–Crippen LogP) is 2.93. The number of benzene rings is 1. The number of amides is 1. The largest absolute Gasteiger partial charge is 0.341 e. The van der Waals surface area contributed by atoms with Crippen molar-refractivity contribution in [1.82, 2.24) is 14.5 Å². The second kappa shape index (κ2) is 9.57. The number of nitrogens with two attached hydrogens (primary N) is 1. The van der Waals surface area contributed by atoms with Gasteiger partial charge in [0.1, 0.15) is 4.70 Å². The van der Waals surface area contributed by atoms with Gasteiger partial charge >= 0.3 is 0 Å². The lowest BCUT2D eigenvalue weighted by atomic mass is 10.1. The molecule has 0 aliphatic carbocycles. The molecule has 5 rings (SSSR count). The zero-order valence-corrected chi connectivity index (χ0v) is 19.9. The van der Waals surface area contributed by atoms with Crippen LogP contribution in [0.4, 0.5) is 5.95 Å². The number of carbonyl (C=O) groups excluding carboxylic acids is 1. The van der Waals surface area contributed by atoms with Gasteiger partial charge in [0, 0.05) is 32.2 Å². The fourth-order valence-electron chi connectivity index (χ4n) is 4.87. The molecular weight excluding hydrogens is 448 g/mol. The van der Waals surface area contributed by atoms with Crippen LogP contribution in [0.2, 0.25) is 0 Å². The van der Waals surface area contributed by atoms with E-state index in [-0.39, 0.29) is 24.1 Å². The highest BCUT2D eigenvalue weighted by molar-refractivity contribution is 7.20. The van der Waals surface area contributed by atoms with Crippen LogP contribution >= 0.6 is 11.3 Å². The number of fused-ring (bicyclic) bond motifs is 1. The number of carbonyl (C=O) groups is 1. The third kappa shape index (κ3) is 4.31. The predicted molar refractivity (Wildman–Crippen MR) is 133 cm³/mol. The minimum Gasteiger partial charge on any atom is -0.341 e. The molecule has 1 aromatic carbocycles. The first-order valence-corrected chi connectivity index (χ1v) is 12.7. The molecule has 0 spiro atoms. The first kappa shape index (κ1) is 22.6. The highest BCUT2D eigenvalue weighted by atomic mass is 32.1. The van der Waals surface area contributed by atoms with Gasteiger partial charge in [-0.3, -0.25) is 14.2 Å². The van der Waals surface area contributed by atoms with Gasteiger partial charge in [0.2, 0.25) is 5.95 Å². The molecule has 2 aromatic heterocycles. The Kier molecular flexibility index (Phi) is 6.35. The monoisotopic (exact) mass is 476 g/mol. The van der Waals surface area contributed by atoms with Gasteiger partial charge in [0.05, 0.1) is 28.6 Å². The zero-order chi connectivity index (χ0) is 23.7. The second-order valence-corrected chi connectivity index (χ2v) is 10.2. The smallest absolute Gasteiger partial charge is 0.273 e. The van der Waals surface area contributed by atoms with E-state index >= 15 is 0 Å². The van der Waals surface area contributed by atoms with E-state index in [2.05, 4.69) is 11.0 Å². The molecule has 2 aliphatic rings. The van der Waals surface area contributed by atoms with Gasteiger partial charge in [-0.25, -0.2) is 4.98 Å². The van der Waals surface area contributed by atoms with Gasteiger partial charge < -0.3 is 15.5 Å². The maximum atomic E-state index is 13.8. The van der Waals surface area contributed by atoms with Crippen LogP contribution in [0.15, 0.2) is 35.1 Å². The number of thiophene rings is 1. The van der Waals surface area contributed by atoms with Crippen molar-refractivity contribution in [3.05, 3.63) is 56.7 Å². The Morgan fingerprint density at radius 2 is 1.97 bits per heavy atom. The number of nitrogens with zero attached hydrogens (tertiary/aromatic N) is 5. The Hall–Kier alpha value is -3.22. The summed E-state index contributed by atoms with van der Waals surface area (Å²) in [5, 5.41) is 9.56. The number of nitriles is 1. The average Bonchev–Trinajstić information content (AvgIpc) is 3.30. The molecule has 2 fully saturated rings. The van der Waals surface area contributed by atoms with Crippen molar-refractivity contribution in [1.29, 1.82) is 5.26 Å². The molecule has 3 aromatic rings. The van der Waals surface area contributed by atoms with E-state index in [0.717, 1.165) is 57.3 Å². The topological polar surface area (TPSA) is 108 Å². The van der Waals surface area contributed by atoms with E-state index in [0.29, 0.717) is 33.2 Å². The van der Waals surface area contributed by atoms with Crippen molar-refractivity contribution in [2.75, 3.05) is 31.1 Å². The zero-order valence-electron chi connectivity index (χ0n) is 19.1. The Bertz CT molecular complexity index is 1320. The van der Waals surface area contributed by atoms with Crippen LogP contribution in [-0.2, 0) is 6.54 Å². The summed E-state index contributed by atoms with van der Waals surface area (Å²) in [5.41, 5.74) is 7.90. The Labute approximate surface area is 202 Å². The molecule has 34 heavy (non-hydrogen) atoms. The maximum Gasteiger partial charge on any atom is 0.273 e. The number of likely N-dealkylation sites (tertiary alicyclic amines) is 1. The summed E-state index contributed by atoms with van der Waals surface area (Å²) in [7, 11) is 0. The number of aromatic nitrogens is 2. The lowest BCUT2D eigenvalue weighted by Gasteiger charge is -2.33. The lowest BCUT2D eigenvalue weighted by Crippen LogP contribution is -2.45. The number of hydrogen-bond donors (Lipinski definition) is 1. The van der Waals surface area contributed by atoms with Crippen molar-refractivity contribution in [2.45, 2.75) is 44.7 Å². The normalized spacial score (nSPS) is 18.8. The molecule has 0 radical (unpaired) electrons. The maximum absolute atomic E-state index is 13.8. The number of piperidine rings is 2. The highest BCUT2D eigenvalue weighted by Crippen LogP contribution is 2.27. The molecule has 4 heterocycles.